The van der Waals surface area contributed by atoms with Crippen LogP contribution in [-0.2, 0) is 19.8 Å². The van der Waals surface area contributed by atoms with Gasteiger partial charge < -0.3 is 15.1 Å². The molecule has 1 fully saturated rings. The number of thiophene rings is 1. The molecular formula is C27H35Cl2N5O5S. The molecule has 13 heteroatoms. The summed E-state index contributed by atoms with van der Waals surface area (Å²) in [6.07, 6.45) is 0.329. The molecule has 0 radical (unpaired) electrons. The molecule has 0 spiro atoms. The van der Waals surface area contributed by atoms with Crippen LogP contribution in [0.15, 0.2) is 24.3 Å². The minimum absolute atomic E-state index is 0.160. The molecule has 2 N–H and O–H groups in total. The van der Waals surface area contributed by atoms with Crippen molar-refractivity contribution in [3.8, 4) is 0 Å². The van der Waals surface area contributed by atoms with E-state index < -0.39 is 11.6 Å². The summed E-state index contributed by atoms with van der Waals surface area (Å²) >= 11 is 13.6. The lowest BCUT2D eigenvalue weighted by Crippen LogP contribution is -2.66. The molecule has 0 bridgehead atoms. The van der Waals surface area contributed by atoms with E-state index in [0.717, 1.165) is 9.94 Å². The van der Waals surface area contributed by atoms with Crippen LogP contribution < -0.4 is 10.6 Å². The fourth-order valence-electron chi connectivity index (χ4n) is 4.22. The number of halogens is 2. The Balaban J connectivity index is 1.91. The second kappa shape index (κ2) is 12.3. The maximum atomic E-state index is 14.1. The number of benzene rings is 1. The molecular weight excluding hydrogens is 577 g/mol. The zero-order chi connectivity index (χ0) is 30.0. The minimum atomic E-state index is -1.20. The average Bonchev–Trinajstić information content (AvgIpc) is 3.32. The molecule has 1 aromatic carbocycles. The van der Waals surface area contributed by atoms with Gasteiger partial charge in [-0.05, 0) is 37.0 Å². The van der Waals surface area contributed by atoms with E-state index in [-0.39, 0.29) is 53.4 Å². The molecule has 218 valence electrons. The average molecular weight is 613 g/mol. The quantitative estimate of drug-likeness (QED) is 0.403. The number of nitrogens with one attached hydrogen (secondary N) is 2. The predicted molar refractivity (Wildman–Crippen MR) is 158 cm³/mol. The van der Waals surface area contributed by atoms with Crippen molar-refractivity contribution in [1.82, 2.24) is 14.9 Å². The summed E-state index contributed by atoms with van der Waals surface area (Å²) in [4.78, 5) is 61.8. The summed E-state index contributed by atoms with van der Waals surface area (Å²) in [7, 11) is 2.84. The first-order valence-electron chi connectivity index (χ1n) is 12.7. The number of hydroxylamine groups is 2. The van der Waals surface area contributed by atoms with Gasteiger partial charge >= 0.3 is 6.03 Å². The van der Waals surface area contributed by atoms with E-state index in [4.69, 9.17) is 28.0 Å². The number of urea groups is 1. The van der Waals surface area contributed by atoms with Gasteiger partial charge in [0.25, 0.3) is 11.8 Å². The van der Waals surface area contributed by atoms with Crippen molar-refractivity contribution in [2.45, 2.75) is 52.0 Å². The lowest BCUT2D eigenvalue weighted by atomic mass is 9.90. The first kappa shape index (κ1) is 31.7. The van der Waals surface area contributed by atoms with E-state index in [9.17, 15) is 19.2 Å². The van der Waals surface area contributed by atoms with E-state index in [1.807, 2.05) is 27.7 Å². The fourth-order valence-corrected chi connectivity index (χ4v) is 5.67. The van der Waals surface area contributed by atoms with Crippen molar-refractivity contribution in [2.24, 2.45) is 0 Å². The monoisotopic (exact) mass is 611 g/mol. The summed E-state index contributed by atoms with van der Waals surface area (Å²) in [5, 5.41) is 7.36. The van der Waals surface area contributed by atoms with Crippen LogP contribution in [0.4, 0.5) is 15.5 Å². The predicted octanol–water partition coefficient (Wildman–Crippen LogP) is 5.47. The third-order valence-corrected chi connectivity index (χ3v) is 9.25. The van der Waals surface area contributed by atoms with Crippen LogP contribution in [-0.4, -0.2) is 77.9 Å². The Morgan fingerprint density at radius 3 is 2.45 bits per heavy atom. The SMILES string of the molecule is CCC1(C)C(=O)N(CC(=O)N(C)OC)CCN1C(=O)c1cc(C(C)(C)C)sc1NC(=O)Nc1cccc(Cl)c1Cl. The van der Waals surface area contributed by atoms with Gasteiger partial charge in [-0.2, -0.15) is 0 Å². The molecule has 0 aliphatic carbocycles. The summed E-state index contributed by atoms with van der Waals surface area (Å²) in [5.74, 6) is -1.10. The van der Waals surface area contributed by atoms with Crippen molar-refractivity contribution < 1.29 is 24.0 Å². The maximum Gasteiger partial charge on any atom is 0.324 e. The van der Waals surface area contributed by atoms with Crippen LogP contribution in [0.1, 0.15) is 56.3 Å². The molecule has 3 rings (SSSR count). The molecule has 5 amide bonds. The minimum Gasteiger partial charge on any atom is -0.329 e. The third-order valence-electron chi connectivity index (χ3n) is 6.95. The van der Waals surface area contributed by atoms with E-state index in [1.54, 1.807) is 31.2 Å². The molecule has 1 saturated heterocycles. The van der Waals surface area contributed by atoms with Crippen LogP contribution in [0.5, 0.6) is 0 Å². The number of hydrogen-bond donors (Lipinski definition) is 2. The largest absolute Gasteiger partial charge is 0.329 e. The number of hydrogen-bond acceptors (Lipinski definition) is 6. The number of carbonyl (C=O) groups excluding carboxylic acids is 4. The fraction of sp³-hybridized carbons (Fsp3) is 0.481. The van der Waals surface area contributed by atoms with Crippen LogP contribution in [0.2, 0.25) is 10.0 Å². The van der Waals surface area contributed by atoms with Crippen molar-refractivity contribution in [3.63, 3.8) is 0 Å². The molecule has 0 saturated carbocycles. The van der Waals surface area contributed by atoms with E-state index in [2.05, 4.69) is 10.6 Å². The van der Waals surface area contributed by atoms with E-state index in [0.29, 0.717) is 22.1 Å². The molecule has 2 heterocycles. The smallest absolute Gasteiger partial charge is 0.324 e. The van der Waals surface area contributed by atoms with Crippen molar-refractivity contribution in [3.05, 3.63) is 44.8 Å². The Kier molecular flexibility index (Phi) is 9.77. The van der Waals surface area contributed by atoms with Crippen molar-refractivity contribution in [1.29, 1.82) is 0 Å². The second-order valence-corrected chi connectivity index (χ2v) is 12.5. The molecule has 1 unspecified atom stereocenters. The van der Waals surface area contributed by atoms with Gasteiger partial charge in [-0.1, -0.05) is 57.0 Å². The van der Waals surface area contributed by atoms with Gasteiger partial charge in [0.05, 0.1) is 28.4 Å². The first-order valence-corrected chi connectivity index (χ1v) is 14.3. The summed E-state index contributed by atoms with van der Waals surface area (Å²) < 4.78 is 0. The Morgan fingerprint density at radius 1 is 1.18 bits per heavy atom. The molecule has 1 aliphatic rings. The van der Waals surface area contributed by atoms with Gasteiger partial charge in [-0.3, -0.25) is 24.5 Å². The summed E-state index contributed by atoms with van der Waals surface area (Å²) in [6, 6.07) is 6.04. The first-order chi connectivity index (χ1) is 18.6. The Bertz CT molecular complexity index is 1310. The Hall–Kier alpha value is -2.86. The summed E-state index contributed by atoms with van der Waals surface area (Å²) in [5.41, 5.74) is -0.902. The van der Waals surface area contributed by atoms with Gasteiger partial charge in [0.2, 0.25) is 5.91 Å². The lowest BCUT2D eigenvalue weighted by molar-refractivity contribution is -0.173. The molecule has 10 nitrogen and oxygen atoms in total. The van der Waals surface area contributed by atoms with Gasteiger partial charge in [0, 0.05) is 25.0 Å². The molecule has 40 heavy (non-hydrogen) atoms. The molecule has 2 aromatic rings. The van der Waals surface area contributed by atoms with E-state index in [1.165, 1.54) is 35.3 Å². The molecule has 1 atom stereocenters. The number of carbonyl (C=O) groups is 4. The van der Waals surface area contributed by atoms with Crippen LogP contribution in [0, 0.1) is 0 Å². The Morgan fingerprint density at radius 2 is 1.85 bits per heavy atom. The number of likely N-dealkylation sites (N-methyl/N-ethyl adjacent to an activating group) is 1. The number of rotatable bonds is 7. The highest BCUT2D eigenvalue weighted by Gasteiger charge is 2.48. The standard InChI is InChI=1S/C27H35Cl2N5O5S/c1-8-27(5)24(37)33(15-20(35)32(6)39-7)12-13-34(27)23(36)16-14-19(26(2,3)4)40-22(16)31-25(38)30-18-11-9-10-17(28)21(18)29/h9-11,14H,8,12-13,15H2,1-7H3,(H2,30,31,38). The van der Waals surface area contributed by atoms with Gasteiger partial charge in [0.15, 0.2) is 0 Å². The number of anilines is 2. The number of amides is 5. The normalized spacial score (nSPS) is 17.6. The molecule has 1 aliphatic heterocycles. The number of nitrogens with zero attached hydrogens (tertiary/aromatic N) is 3. The highest BCUT2D eigenvalue weighted by molar-refractivity contribution is 7.16. The van der Waals surface area contributed by atoms with E-state index >= 15 is 0 Å². The van der Waals surface area contributed by atoms with Crippen LogP contribution in [0.25, 0.3) is 0 Å². The Labute approximate surface area is 248 Å². The van der Waals surface area contributed by atoms with Gasteiger partial charge in [0.1, 0.15) is 17.1 Å². The van der Waals surface area contributed by atoms with Crippen molar-refractivity contribution in [2.75, 3.05) is 44.4 Å². The zero-order valence-corrected chi connectivity index (χ0v) is 26.0. The third kappa shape index (κ3) is 6.54. The van der Waals surface area contributed by atoms with Gasteiger partial charge in [-0.25, -0.2) is 9.86 Å². The maximum absolute atomic E-state index is 14.1. The second-order valence-electron chi connectivity index (χ2n) is 10.7. The van der Waals surface area contributed by atoms with Crippen LogP contribution in [0.3, 0.4) is 0 Å². The summed E-state index contributed by atoms with van der Waals surface area (Å²) in [6.45, 7) is 9.77. The highest BCUT2D eigenvalue weighted by Crippen LogP contribution is 2.39. The molecule has 1 aromatic heterocycles. The van der Waals surface area contributed by atoms with Crippen LogP contribution >= 0.6 is 34.5 Å². The lowest BCUT2D eigenvalue weighted by Gasteiger charge is -2.47. The number of piperazine rings is 1. The zero-order valence-electron chi connectivity index (χ0n) is 23.7. The highest BCUT2D eigenvalue weighted by atomic mass is 35.5. The van der Waals surface area contributed by atoms with Gasteiger partial charge in [-0.15, -0.1) is 11.3 Å². The topological polar surface area (TPSA) is 111 Å². The van der Waals surface area contributed by atoms with Crippen molar-refractivity contribution >= 4 is 69.0 Å².